The van der Waals surface area contributed by atoms with Gasteiger partial charge in [0.05, 0.1) is 10.0 Å². The van der Waals surface area contributed by atoms with Crippen molar-refractivity contribution in [3.05, 3.63) is 51.2 Å². The Hall–Kier alpha value is -0.920. The molecule has 0 fully saturated rings. The van der Waals surface area contributed by atoms with Crippen molar-refractivity contribution in [2.45, 2.75) is 48.0 Å². The molecular weight excluding hydrogens is 315 g/mol. The maximum Gasteiger partial charge on any atom is 0.164 e. The molecule has 2 rings (SSSR count). The molecule has 0 N–H and O–H groups in total. The maximum absolute atomic E-state index is 6.25. The Morgan fingerprint density at radius 3 is 1.91 bits per heavy atom. The Labute approximate surface area is 144 Å². The average Bonchev–Trinajstić information content (AvgIpc) is 2.77. The van der Waals surface area contributed by atoms with Crippen LogP contribution in [0.3, 0.4) is 0 Å². The van der Waals surface area contributed by atoms with Crippen molar-refractivity contribution < 1.29 is 4.74 Å². The minimum Gasteiger partial charge on any atom is -0.458 e. The summed E-state index contributed by atoms with van der Waals surface area (Å²) in [6.45, 7) is 13.3. The van der Waals surface area contributed by atoms with Crippen LogP contribution in [0.5, 0.6) is 5.75 Å². The van der Waals surface area contributed by atoms with E-state index in [9.17, 15) is 0 Å². The third-order valence-corrected chi connectivity index (χ3v) is 4.48. The zero-order chi connectivity index (χ0) is 16.7. The van der Waals surface area contributed by atoms with Crippen molar-refractivity contribution in [1.29, 1.82) is 0 Å². The summed E-state index contributed by atoms with van der Waals surface area (Å²) in [6, 6.07) is 5.42. The second kappa shape index (κ2) is 5.94. The normalized spacial score (nSPS) is 16.1. The molecule has 0 bridgehead atoms. The molecule has 1 aromatic carbocycles. The fourth-order valence-electron chi connectivity index (χ4n) is 2.48. The molecule has 0 aromatic heterocycles. The second-order valence-electron chi connectivity index (χ2n) is 7.84. The molecule has 1 aliphatic carbocycles. The Bertz CT molecular complexity index is 620. The van der Waals surface area contributed by atoms with Gasteiger partial charge in [-0.2, -0.15) is 0 Å². The van der Waals surface area contributed by atoms with Gasteiger partial charge in [-0.25, -0.2) is 0 Å². The number of allylic oxidation sites excluding steroid dienone is 3. The largest absolute Gasteiger partial charge is 0.458 e. The molecule has 0 saturated heterocycles. The zero-order valence-electron chi connectivity index (χ0n) is 14.2. The number of hydrogen-bond donors (Lipinski definition) is 0. The lowest BCUT2D eigenvalue weighted by molar-refractivity contribution is 0.380. The van der Waals surface area contributed by atoms with Crippen LogP contribution >= 0.6 is 23.2 Å². The molecular formula is C19H24Cl2O. The molecule has 0 atom stereocenters. The quantitative estimate of drug-likeness (QED) is 0.561. The first-order valence-electron chi connectivity index (χ1n) is 7.56. The number of rotatable bonds is 2. The van der Waals surface area contributed by atoms with Gasteiger partial charge in [0.25, 0.3) is 0 Å². The number of benzene rings is 1. The van der Waals surface area contributed by atoms with Crippen LogP contribution in [0.15, 0.2) is 41.2 Å². The van der Waals surface area contributed by atoms with Crippen LogP contribution in [0.2, 0.25) is 10.0 Å². The summed E-state index contributed by atoms with van der Waals surface area (Å²) in [4.78, 5) is 0. The van der Waals surface area contributed by atoms with Crippen molar-refractivity contribution in [3.8, 4) is 5.75 Å². The first-order valence-corrected chi connectivity index (χ1v) is 8.32. The summed E-state index contributed by atoms with van der Waals surface area (Å²) in [6.07, 6.45) is 3.08. The van der Waals surface area contributed by atoms with Gasteiger partial charge in [0.15, 0.2) is 5.75 Å². The van der Waals surface area contributed by atoms with Crippen LogP contribution in [0.1, 0.15) is 48.0 Å². The number of halogens is 2. The van der Waals surface area contributed by atoms with E-state index >= 15 is 0 Å². The van der Waals surface area contributed by atoms with E-state index in [0.717, 1.165) is 12.2 Å². The van der Waals surface area contributed by atoms with Crippen LogP contribution in [0.25, 0.3) is 0 Å². The topological polar surface area (TPSA) is 9.23 Å². The van der Waals surface area contributed by atoms with E-state index in [1.54, 1.807) is 12.1 Å². The molecule has 22 heavy (non-hydrogen) atoms. The van der Waals surface area contributed by atoms with Gasteiger partial charge in [0.1, 0.15) is 5.76 Å². The van der Waals surface area contributed by atoms with Crippen LogP contribution in [-0.4, -0.2) is 0 Å². The Morgan fingerprint density at radius 1 is 0.909 bits per heavy atom. The highest BCUT2D eigenvalue weighted by molar-refractivity contribution is 6.37. The van der Waals surface area contributed by atoms with Crippen LogP contribution in [0, 0.1) is 10.8 Å². The fraction of sp³-hybridized carbons (Fsp3) is 0.474. The molecule has 0 heterocycles. The van der Waals surface area contributed by atoms with E-state index in [1.165, 1.54) is 11.1 Å². The second-order valence-corrected chi connectivity index (χ2v) is 8.65. The number of ether oxygens (including phenoxy) is 1. The highest BCUT2D eigenvalue weighted by Gasteiger charge is 2.31. The highest BCUT2D eigenvalue weighted by atomic mass is 35.5. The lowest BCUT2D eigenvalue weighted by Gasteiger charge is -2.22. The third-order valence-electron chi connectivity index (χ3n) is 3.89. The summed E-state index contributed by atoms with van der Waals surface area (Å²) in [5, 5.41) is 1.08. The minimum atomic E-state index is 0.00999. The predicted octanol–water partition coefficient (Wildman–Crippen LogP) is 7.05. The molecule has 1 nitrogen and oxygen atoms in total. The summed E-state index contributed by atoms with van der Waals surface area (Å²) >= 11 is 12.5. The van der Waals surface area contributed by atoms with Crippen molar-refractivity contribution in [1.82, 2.24) is 0 Å². The molecule has 0 saturated carbocycles. The smallest absolute Gasteiger partial charge is 0.164 e. The summed E-state index contributed by atoms with van der Waals surface area (Å²) < 4.78 is 6.17. The van der Waals surface area contributed by atoms with Crippen molar-refractivity contribution in [2.75, 3.05) is 0 Å². The van der Waals surface area contributed by atoms with Gasteiger partial charge in [-0.15, -0.1) is 0 Å². The lowest BCUT2D eigenvalue weighted by Crippen LogP contribution is -2.11. The predicted molar refractivity (Wildman–Crippen MR) is 95.7 cm³/mol. The van der Waals surface area contributed by atoms with Crippen molar-refractivity contribution in [3.63, 3.8) is 0 Å². The SMILES string of the molecule is CC(C)(C)C1=CC(C(C)(C)C)=C(Oc2c(Cl)cccc2Cl)C1. The average molecular weight is 339 g/mol. The summed E-state index contributed by atoms with van der Waals surface area (Å²) in [5.41, 5.74) is 2.71. The van der Waals surface area contributed by atoms with Gasteiger partial charge in [-0.1, -0.05) is 82.5 Å². The summed E-state index contributed by atoms with van der Waals surface area (Å²) in [7, 11) is 0. The molecule has 0 amide bonds. The maximum atomic E-state index is 6.25. The van der Waals surface area contributed by atoms with Crippen LogP contribution in [0.4, 0.5) is 0 Å². The highest BCUT2D eigenvalue weighted by Crippen LogP contribution is 2.45. The van der Waals surface area contributed by atoms with Gasteiger partial charge < -0.3 is 4.74 Å². The molecule has 0 radical (unpaired) electrons. The van der Waals surface area contributed by atoms with E-state index in [1.807, 2.05) is 6.07 Å². The molecule has 0 spiro atoms. The van der Waals surface area contributed by atoms with E-state index in [-0.39, 0.29) is 10.8 Å². The molecule has 120 valence electrons. The van der Waals surface area contributed by atoms with E-state index in [0.29, 0.717) is 15.8 Å². The van der Waals surface area contributed by atoms with Gasteiger partial charge >= 0.3 is 0 Å². The van der Waals surface area contributed by atoms with E-state index in [2.05, 4.69) is 47.6 Å². The molecule has 1 aromatic rings. The Kier molecular flexibility index (Phi) is 4.71. The van der Waals surface area contributed by atoms with E-state index in [4.69, 9.17) is 27.9 Å². The first-order chi connectivity index (χ1) is 10.00. The lowest BCUT2D eigenvalue weighted by atomic mass is 9.84. The molecule has 1 aliphatic rings. The van der Waals surface area contributed by atoms with Crippen molar-refractivity contribution >= 4 is 23.2 Å². The van der Waals surface area contributed by atoms with Crippen molar-refractivity contribution in [2.24, 2.45) is 10.8 Å². The third kappa shape index (κ3) is 3.70. The van der Waals surface area contributed by atoms with Gasteiger partial charge in [-0.3, -0.25) is 0 Å². The monoisotopic (exact) mass is 338 g/mol. The number of para-hydroxylation sites is 1. The van der Waals surface area contributed by atoms with Crippen LogP contribution in [-0.2, 0) is 0 Å². The zero-order valence-corrected chi connectivity index (χ0v) is 15.7. The minimum absolute atomic E-state index is 0.00999. The summed E-state index contributed by atoms with van der Waals surface area (Å²) in [5.74, 6) is 1.50. The Balaban J connectivity index is 2.41. The Morgan fingerprint density at radius 2 is 1.45 bits per heavy atom. The first kappa shape index (κ1) is 17.4. The molecule has 0 aliphatic heterocycles. The molecule has 3 heteroatoms. The van der Waals surface area contributed by atoms with Gasteiger partial charge in [-0.05, 0) is 28.5 Å². The van der Waals surface area contributed by atoms with E-state index < -0.39 is 0 Å². The van der Waals surface area contributed by atoms with Crippen LogP contribution < -0.4 is 4.74 Å². The molecule has 0 unspecified atom stereocenters. The fourth-order valence-corrected chi connectivity index (χ4v) is 2.96. The number of hydrogen-bond acceptors (Lipinski definition) is 1. The standard InChI is InChI=1S/C19H24Cl2O/c1-18(2,3)12-10-13(19(4,5)6)16(11-12)22-17-14(20)8-7-9-15(17)21/h7-10H,11H2,1-6H3. The van der Waals surface area contributed by atoms with Gasteiger partial charge in [0.2, 0.25) is 0 Å². The van der Waals surface area contributed by atoms with Gasteiger partial charge in [0, 0.05) is 6.42 Å².